The Morgan fingerprint density at radius 2 is 1.90 bits per heavy atom. The maximum atomic E-state index is 12.4. The van der Waals surface area contributed by atoms with Gasteiger partial charge in [-0.3, -0.25) is 19.3 Å². The van der Waals surface area contributed by atoms with Crippen LogP contribution in [0, 0.1) is 16.7 Å². The number of nitrogens with one attached hydrogen (secondary N) is 1. The first kappa shape index (κ1) is 21.2. The first-order valence-corrected chi connectivity index (χ1v) is 10.6. The second kappa shape index (κ2) is 7.59. The quantitative estimate of drug-likeness (QED) is 0.444. The number of esters is 1. The summed E-state index contributed by atoms with van der Waals surface area (Å²) >= 11 is 0. The minimum atomic E-state index is -0.711. The first-order valence-electron chi connectivity index (χ1n) is 10.6. The zero-order valence-corrected chi connectivity index (χ0v) is 18.1. The molecule has 4 rings (SSSR count). The van der Waals surface area contributed by atoms with Crippen LogP contribution in [0.4, 0.5) is 5.69 Å². The molecule has 2 aliphatic carbocycles. The molecule has 0 radical (unpaired) electrons. The molecule has 2 saturated carbocycles. The lowest BCUT2D eigenvalue weighted by Gasteiger charge is -2.34. The average molecular weight is 425 g/mol. The third-order valence-electron chi connectivity index (χ3n) is 7.55. The number of benzene rings is 1. The number of fused-ring (bicyclic) bond motifs is 2. The Kier molecular flexibility index (Phi) is 5.19. The number of rotatable bonds is 5. The molecule has 8 nitrogen and oxygen atoms in total. The predicted molar refractivity (Wildman–Crippen MR) is 113 cm³/mol. The largest absolute Gasteiger partial charge is 0.452 e. The van der Waals surface area contributed by atoms with Crippen LogP contribution < -0.4 is 10.3 Å². The van der Waals surface area contributed by atoms with Gasteiger partial charge in [-0.2, -0.15) is 5.10 Å². The number of amides is 3. The second-order valence-electron chi connectivity index (χ2n) is 9.34. The van der Waals surface area contributed by atoms with Crippen molar-refractivity contribution in [3.05, 3.63) is 29.8 Å². The van der Waals surface area contributed by atoms with Crippen LogP contribution in [0.2, 0.25) is 0 Å². The third kappa shape index (κ3) is 3.54. The SMILES string of the molecule is CC12CCC(C/C1=N/NC(=O)COC(=O)c1cccc(N3C(=O)CCC3=O)c1)C2(C)C. The van der Waals surface area contributed by atoms with Gasteiger partial charge in [-0.1, -0.05) is 26.8 Å². The van der Waals surface area contributed by atoms with Crippen LogP contribution in [-0.2, 0) is 19.1 Å². The van der Waals surface area contributed by atoms with Crippen LogP contribution >= 0.6 is 0 Å². The summed E-state index contributed by atoms with van der Waals surface area (Å²) < 4.78 is 5.10. The minimum absolute atomic E-state index is 0.0213. The standard InChI is InChI=1S/C23H27N3O5/c1-22(2)15-9-10-23(22,3)17(12-15)24-25-18(27)13-31-21(30)14-5-4-6-16(11-14)26-19(28)7-8-20(26)29/h4-6,11,15H,7-10,12-13H2,1-3H3,(H,25,27)/b24-17-. The van der Waals surface area contributed by atoms with Crippen molar-refractivity contribution in [3.63, 3.8) is 0 Å². The van der Waals surface area contributed by atoms with Gasteiger partial charge in [-0.05, 0) is 48.8 Å². The van der Waals surface area contributed by atoms with E-state index in [1.54, 1.807) is 12.1 Å². The molecule has 1 N–H and O–H groups in total. The van der Waals surface area contributed by atoms with E-state index in [1.807, 2.05) is 0 Å². The molecule has 31 heavy (non-hydrogen) atoms. The van der Waals surface area contributed by atoms with Gasteiger partial charge in [0, 0.05) is 24.0 Å². The number of hydrogen-bond donors (Lipinski definition) is 1. The van der Waals surface area contributed by atoms with Gasteiger partial charge < -0.3 is 4.74 Å². The van der Waals surface area contributed by atoms with E-state index < -0.39 is 18.5 Å². The number of carbonyl (C=O) groups excluding carboxylic acids is 4. The van der Waals surface area contributed by atoms with E-state index in [4.69, 9.17) is 4.74 Å². The molecule has 2 atom stereocenters. The Morgan fingerprint density at radius 3 is 2.52 bits per heavy atom. The number of imide groups is 1. The third-order valence-corrected chi connectivity index (χ3v) is 7.55. The van der Waals surface area contributed by atoms with Gasteiger partial charge >= 0.3 is 5.97 Å². The highest BCUT2D eigenvalue weighted by molar-refractivity contribution is 6.20. The summed E-state index contributed by atoms with van der Waals surface area (Å²) in [4.78, 5) is 49.4. The molecule has 1 aliphatic heterocycles. The highest BCUT2D eigenvalue weighted by atomic mass is 16.5. The summed E-state index contributed by atoms with van der Waals surface area (Å²) in [5.41, 5.74) is 4.14. The lowest BCUT2D eigenvalue weighted by Crippen LogP contribution is -2.35. The monoisotopic (exact) mass is 425 g/mol. The number of nitrogens with zero attached hydrogens (tertiary/aromatic N) is 2. The van der Waals surface area contributed by atoms with Gasteiger partial charge in [0.2, 0.25) is 11.8 Å². The number of hydrogen-bond acceptors (Lipinski definition) is 6. The molecule has 1 aromatic carbocycles. The van der Waals surface area contributed by atoms with E-state index in [-0.39, 0.29) is 41.0 Å². The van der Waals surface area contributed by atoms with Gasteiger partial charge in [0.1, 0.15) is 0 Å². The van der Waals surface area contributed by atoms with Crippen LogP contribution in [0.25, 0.3) is 0 Å². The summed E-state index contributed by atoms with van der Waals surface area (Å²) in [6, 6.07) is 6.07. The molecule has 2 unspecified atom stereocenters. The van der Waals surface area contributed by atoms with Crippen molar-refractivity contribution in [3.8, 4) is 0 Å². The van der Waals surface area contributed by atoms with E-state index >= 15 is 0 Å². The number of anilines is 1. The molecule has 1 heterocycles. The summed E-state index contributed by atoms with van der Waals surface area (Å²) in [5.74, 6) is -1.24. The smallest absolute Gasteiger partial charge is 0.338 e. The average Bonchev–Trinajstić information content (AvgIpc) is 3.26. The van der Waals surface area contributed by atoms with E-state index in [2.05, 4.69) is 31.3 Å². The Balaban J connectivity index is 1.34. The van der Waals surface area contributed by atoms with Crippen LogP contribution in [0.15, 0.2) is 29.4 Å². The maximum absolute atomic E-state index is 12.4. The molecular formula is C23H27N3O5. The topological polar surface area (TPSA) is 105 Å². The molecule has 0 aromatic heterocycles. The van der Waals surface area contributed by atoms with E-state index in [0.717, 1.165) is 23.5 Å². The second-order valence-corrected chi connectivity index (χ2v) is 9.34. The minimum Gasteiger partial charge on any atom is -0.452 e. The Morgan fingerprint density at radius 1 is 1.19 bits per heavy atom. The lowest BCUT2D eigenvalue weighted by molar-refractivity contribution is -0.124. The van der Waals surface area contributed by atoms with Gasteiger partial charge in [-0.25, -0.2) is 10.2 Å². The molecule has 3 amide bonds. The molecule has 8 heteroatoms. The van der Waals surface area contributed by atoms with E-state index in [0.29, 0.717) is 11.6 Å². The number of carbonyl (C=O) groups is 4. The Hall–Kier alpha value is -3.03. The number of ether oxygens (including phenoxy) is 1. The summed E-state index contributed by atoms with van der Waals surface area (Å²) in [5, 5.41) is 4.35. The molecule has 0 spiro atoms. The molecule has 1 saturated heterocycles. The fourth-order valence-electron chi connectivity index (χ4n) is 5.11. The van der Waals surface area contributed by atoms with Gasteiger partial charge in [-0.15, -0.1) is 0 Å². The predicted octanol–water partition coefficient (Wildman–Crippen LogP) is 2.82. The molecule has 164 valence electrons. The lowest BCUT2D eigenvalue weighted by atomic mass is 9.70. The normalized spacial score (nSPS) is 27.8. The fraction of sp³-hybridized carbons (Fsp3) is 0.522. The summed E-state index contributed by atoms with van der Waals surface area (Å²) in [6.07, 6.45) is 3.44. The van der Waals surface area contributed by atoms with Crippen molar-refractivity contribution in [1.29, 1.82) is 0 Å². The summed E-state index contributed by atoms with van der Waals surface area (Å²) in [7, 11) is 0. The van der Waals surface area contributed by atoms with Crippen LogP contribution in [0.1, 0.15) is 63.2 Å². The van der Waals surface area contributed by atoms with Crippen LogP contribution in [0.5, 0.6) is 0 Å². The molecule has 3 fully saturated rings. The van der Waals surface area contributed by atoms with E-state index in [9.17, 15) is 19.2 Å². The van der Waals surface area contributed by atoms with Crippen molar-refractivity contribution in [2.75, 3.05) is 11.5 Å². The Labute approximate surface area is 181 Å². The van der Waals surface area contributed by atoms with E-state index in [1.165, 1.54) is 18.6 Å². The molecule has 2 bridgehead atoms. The Bertz CT molecular complexity index is 983. The first-order chi connectivity index (χ1) is 14.6. The van der Waals surface area contributed by atoms with Crippen molar-refractivity contribution < 1.29 is 23.9 Å². The fourth-order valence-corrected chi connectivity index (χ4v) is 5.11. The van der Waals surface area contributed by atoms with Gasteiger partial charge in [0.25, 0.3) is 5.91 Å². The zero-order valence-electron chi connectivity index (χ0n) is 18.1. The molecule has 3 aliphatic rings. The zero-order chi connectivity index (χ0) is 22.4. The van der Waals surface area contributed by atoms with Crippen molar-refractivity contribution in [2.24, 2.45) is 21.8 Å². The van der Waals surface area contributed by atoms with Gasteiger partial charge in [0.05, 0.1) is 11.3 Å². The summed E-state index contributed by atoms with van der Waals surface area (Å²) in [6.45, 7) is 6.25. The molecule has 1 aromatic rings. The van der Waals surface area contributed by atoms with Crippen LogP contribution in [0.3, 0.4) is 0 Å². The van der Waals surface area contributed by atoms with Crippen molar-refractivity contribution in [1.82, 2.24) is 5.43 Å². The van der Waals surface area contributed by atoms with Gasteiger partial charge in [0.15, 0.2) is 6.61 Å². The molecular weight excluding hydrogens is 398 g/mol. The van der Waals surface area contributed by atoms with Crippen LogP contribution in [-0.4, -0.2) is 36.0 Å². The number of hydrazone groups is 1. The highest BCUT2D eigenvalue weighted by Gasteiger charge is 2.60. The van der Waals surface area contributed by atoms with Crippen molar-refractivity contribution in [2.45, 2.75) is 52.9 Å². The highest BCUT2D eigenvalue weighted by Crippen LogP contribution is 2.63. The maximum Gasteiger partial charge on any atom is 0.338 e. The van der Waals surface area contributed by atoms with Crippen molar-refractivity contribution >= 4 is 35.1 Å².